The van der Waals surface area contributed by atoms with E-state index < -0.39 is 28.2 Å². The Hall–Kier alpha value is -4.13. The van der Waals surface area contributed by atoms with Crippen LogP contribution in [0.3, 0.4) is 0 Å². The van der Waals surface area contributed by atoms with Crippen LogP contribution in [-0.2, 0) is 26.0 Å². The molecule has 0 saturated carbocycles. The molecule has 0 heterocycles. The maximum absolute atomic E-state index is 13.5. The van der Waals surface area contributed by atoms with E-state index in [9.17, 15) is 23.1 Å². The van der Waals surface area contributed by atoms with E-state index in [0.717, 1.165) is 22.4 Å². The second-order valence-corrected chi connectivity index (χ2v) is 13.3. The molecule has 3 aromatic carbocycles. The Morgan fingerprint density at radius 1 is 0.957 bits per heavy atom. The van der Waals surface area contributed by atoms with Crippen molar-refractivity contribution in [1.82, 2.24) is 14.9 Å². The zero-order chi connectivity index (χ0) is 33.7. The number of anilines is 1. The van der Waals surface area contributed by atoms with E-state index in [2.05, 4.69) is 10.6 Å². The molecule has 0 aliphatic heterocycles. The van der Waals surface area contributed by atoms with Gasteiger partial charge in [-0.3, -0.25) is 4.79 Å². The van der Waals surface area contributed by atoms with Gasteiger partial charge in [-0.05, 0) is 71.8 Å². The Labute approximate surface area is 272 Å². The zero-order valence-electron chi connectivity index (χ0n) is 26.9. The number of aliphatic hydroxyl groups is 1. The summed E-state index contributed by atoms with van der Waals surface area (Å²) in [5.41, 5.74) is 8.93. The molecule has 0 aliphatic carbocycles. The lowest BCUT2D eigenvalue weighted by atomic mass is 9.94. The lowest BCUT2D eigenvalue weighted by molar-refractivity contribution is -0.123. The molecule has 5 N–H and O–H groups in total. The molecule has 3 rings (SSSR count). The number of amides is 2. The summed E-state index contributed by atoms with van der Waals surface area (Å²) in [6, 6.07) is 19.7. The molecule has 11 nitrogen and oxygen atoms in total. The zero-order valence-corrected chi connectivity index (χ0v) is 27.8. The van der Waals surface area contributed by atoms with E-state index in [0.29, 0.717) is 31.5 Å². The number of methoxy groups -OCH3 is 2. The third kappa shape index (κ3) is 10.2. The molecule has 0 radical (unpaired) electrons. The average molecular weight is 655 g/mol. The van der Waals surface area contributed by atoms with Gasteiger partial charge in [-0.25, -0.2) is 13.2 Å². The van der Waals surface area contributed by atoms with E-state index in [1.54, 1.807) is 7.11 Å². The molecule has 2 amide bonds. The van der Waals surface area contributed by atoms with Gasteiger partial charge in [0.25, 0.3) is 0 Å². The monoisotopic (exact) mass is 654 g/mol. The highest BCUT2D eigenvalue weighted by atomic mass is 32.2. The minimum Gasteiger partial charge on any atom is -0.497 e. The predicted octanol–water partition coefficient (Wildman–Crippen LogP) is 4.21. The molecule has 0 saturated heterocycles. The minimum atomic E-state index is -3.87. The van der Waals surface area contributed by atoms with Gasteiger partial charge >= 0.3 is 6.09 Å². The molecule has 250 valence electrons. The van der Waals surface area contributed by atoms with Crippen LogP contribution < -0.4 is 21.1 Å². The van der Waals surface area contributed by atoms with Gasteiger partial charge in [-0.15, -0.1) is 0 Å². The summed E-state index contributed by atoms with van der Waals surface area (Å²) in [7, 11) is -1.03. The number of carbonyl (C=O) groups is 2. The van der Waals surface area contributed by atoms with E-state index >= 15 is 0 Å². The number of nitrogens with one attached hydrogen (secondary N) is 2. The number of nitrogen functional groups attached to an aromatic ring is 1. The van der Waals surface area contributed by atoms with E-state index in [4.69, 9.17) is 15.2 Å². The largest absolute Gasteiger partial charge is 0.497 e. The van der Waals surface area contributed by atoms with Crippen LogP contribution in [0.15, 0.2) is 77.7 Å². The summed E-state index contributed by atoms with van der Waals surface area (Å²) in [6.07, 6.45) is 0.982. The molecule has 0 bridgehead atoms. The standard InChI is InChI=1S/C34H46N4O7S/c1-24(2)22-38(46(42,43)30-18-14-27(35)15-19-30)28(23-39)10-7-8-20-36-33(40)32(37-34(41)45-4)21-26-9-5-6-11-31(26)25-12-16-29(44-3)17-13-25/h5-6,9,11-19,24,28,32,39H,7-8,10,20-23,35H2,1-4H3,(H,36,40)(H,37,41). The van der Waals surface area contributed by atoms with Crippen LogP contribution in [0.1, 0.15) is 38.7 Å². The Balaban J connectivity index is 1.65. The summed E-state index contributed by atoms with van der Waals surface area (Å²) in [6.45, 7) is 4.04. The highest BCUT2D eigenvalue weighted by Gasteiger charge is 2.31. The van der Waals surface area contributed by atoms with Crippen LogP contribution in [0, 0.1) is 5.92 Å². The summed E-state index contributed by atoms with van der Waals surface area (Å²) in [5.74, 6) is 0.388. The van der Waals surface area contributed by atoms with Crippen LogP contribution in [-0.4, -0.2) is 75.8 Å². The molecule has 0 aliphatic rings. The van der Waals surface area contributed by atoms with Gasteiger partial charge in [0.1, 0.15) is 11.8 Å². The highest BCUT2D eigenvalue weighted by molar-refractivity contribution is 7.89. The van der Waals surface area contributed by atoms with Crippen molar-refractivity contribution in [3.63, 3.8) is 0 Å². The number of ether oxygens (including phenoxy) is 2. The first-order valence-corrected chi connectivity index (χ1v) is 16.8. The van der Waals surface area contributed by atoms with E-state index in [1.165, 1.54) is 35.7 Å². The number of alkyl carbamates (subject to hydrolysis) is 1. The van der Waals surface area contributed by atoms with Gasteiger partial charge in [0.05, 0.1) is 25.7 Å². The topological polar surface area (TPSA) is 160 Å². The molecule has 2 unspecified atom stereocenters. The number of hydrogen-bond donors (Lipinski definition) is 4. The van der Waals surface area contributed by atoms with Crippen LogP contribution in [0.4, 0.5) is 10.5 Å². The third-order valence-corrected chi connectivity index (χ3v) is 9.48. The van der Waals surface area contributed by atoms with Crippen LogP contribution in [0.2, 0.25) is 0 Å². The normalized spacial score (nSPS) is 12.8. The average Bonchev–Trinajstić information content (AvgIpc) is 3.05. The van der Waals surface area contributed by atoms with Crippen molar-refractivity contribution in [3.8, 4) is 16.9 Å². The maximum Gasteiger partial charge on any atom is 0.407 e. The van der Waals surface area contributed by atoms with Gasteiger partial charge in [0.2, 0.25) is 15.9 Å². The number of nitrogens with zero attached hydrogens (tertiary/aromatic N) is 1. The van der Waals surface area contributed by atoms with Crippen molar-refractivity contribution in [2.45, 2.75) is 56.5 Å². The van der Waals surface area contributed by atoms with Crippen molar-refractivity contribution in [3.05, 3.63) is 78.4 Å². The number of aliphatic hydroxyl groups excluding tert-OH is 1. The smallest absolute Gasteiger partial charge is 0.407 e. The van der Waals surface area contributed by atoms with E-state index in [1.807, 2.05) is 62.4 Å². The lowest BCUT2D eigenvalue weighted by Gasteiger charge is -2.31. The Morgan fingerprint density at radius 3 is 2.24 bits per heavy atom. The Kier molecular flexibility index (Phi) is 13.9. The number of nitrogens with two attached hydrogens (primary N) is 1. The number of rotatable bonds is 17. The quantitative estimate of drug-likeness (QED) is 0.124. The molecule has 3 aromatic rings. The first-order valence-electron chi connectivity index (χ1n) is 15.3. The van der Waals surface area contributed by atoms with Crippen molar-refractivity contribution < 1.29 is 32.6 Å². The number of unbranched alkanes of at least 4 members (excludes halogenated alkanes) is 1. The molecule has 0 spiro atoms. The molecule has 0 fully saturated rings. The molecular weight excluding hydrogens is 608 g/mol. The summed E-state index contributed by atoms with van der Waals surface area (Å²) in [4.78, 5) is 25.6. The summed E-state index contributed by atoms with van der Waals surface area (Å²) in [5, 5.41) is 15.7. The second-order valence-electron chi connectivity index (χ2n) is 11.4. The number of sulfonamides is 1. The molecule has 12 heteroatoms. The Morgan fingerprint density at radius 2 is 1.63 bits per heavy atom. The molecule has 46 heavy (non-hydrogen) atoms. The van der Waals surface area contributed by atoms with Gasteiger partial charge in [0.15, 0.2) is 0 Å². The van der Waals surface area contributed by atoms with Crippen LogP contribution in [0.5, 0.6) is 5.75 Å². The van der Waals surface area contributed by atoms with Gasteiger partial charge in [0, 0.05) is 31.2 Å². The number of hydrogen-bond acceptors (Lipinski definition) is 8. The fraction of sp³-hybridized carbons (Fsp3) is 0.412. The van der Waals surface area contributed by atoms with Crippen molar-refractivity contribution >= 4 is 27.7 Å². The maximum atomic E-state index is 13.5. The fourth-order valence-corrected chi connectivity index (χ4v) is 6.94. The summed E-state index contributed by atoms with van der Waals surface area (Å²) < 4.78 is 38.4. The fourth-order valence-electron chi connectivity index (χ4n) is 5.13. The van der Waals surface area contributed by atoms with Gasteiger partial charge < -0.3 is 30.9 Å². The number of carbonyl (C=O) groups excluding carboxylic acids is 2. The van der Waals surface area contributed by atoms with Gasteiger partial charge in [-0.2, -0.15) is 4.31 Å². The van der Waals surface area contributed by atoms with Crippen LogP contribution in [0.25, 0.3) is 11.1 Å². The molecule has 2 atom stereocenters. The van der Waals surface area contributed by atoms with Crippen molar-refractivity contribution in [2.24, 2.45) is 5.92 Å². The predicted molar refractivity (Wildman–Crippen MR) is 179 cm³/mol. The number of benzene rings is 3. The SMILES string of the molecule is COC(=O)NC(Cc1ccccc1-c1ccc(OC)cc1)C(=O)NCCCCC(CO)N(CC(C)C)S(=O)(=O)c1ccc(N)cc1. The van der Waals surface area contributed by atoms with Gasteiger partial charge in [-0.1, -0.05) is 56.7 Å². The Bertz CT molecular complexity index is 1510. The van der Waals surface area contributed by atoms with E-state index in [-0.39, 0.29) is 36.3 Å². The molecule has 0 aromatic heterocycles. The first kappa shape index (κ1) is 36.3. The first-order chi connectivity index (χ1) is 22.0. The highest BCUT2D eigenvalue weighted by Crippen LogP contribution is 2.27. The van der Waals surface area contributed by atoms with Crippen molar-refractivity contribution in [1.29, 1.82) is 0 Å². The van der Waals surface area contributed by atoms with Crippen LogP contribution >= 0.6 is 0 Å². The third-order valence-electron chi connectivity index (χ3n) is 7.55. The lowest BCUT2D eigenvalue weighted by Crippen LogP contribution is -2.48. The molecular formula is C34H46N4O7S. The second kappa shape index (κ2) is 17.5. The minimum absolute atomic E-state index is 0.0333. The van der Waals surface area contributed by atoms with Crippen molar-refractivity contribution in [2.75, 3.05) is 39.6 Å². The summed E-state index contributed by atoms with van der Waals surface area (Å²) >= 11 is 0.